The van der Waals surface area contributed by atoms with Crippen LogP contribution in [0.1, 0.15) is 135 Å². The molecule has 8 rings (SSSR count). The molecular weight excluding hydrogens is 764 g/mol. The Balaban J connectivity index is 1.34. The number of aromatic nitrogens is 4. The van der Waals surface area contributed by atoms with Crippen LogP contribution in [0, 0.1) is 10.8 Å². The second-order valence-corrected chi connectivity index (χ2v) is 17.7. The van der Waals surface area contributed by atoms with Gasteiger partial charge < -0.3 is 0 Å². The highest BCUT2D eigenvalue weighted by Gasteiger charge is 2.65. The first kappa shape index (κ1) is 38.9. The molecular formula is C40H38F12N4. The number of nitrogens with zero attached hydrogens (tertiary/aromatic N) is 4. The third-order valence-corrected chi connectivity index (χ3v) is 14.4. The van der Waals surface area contributed by atoms with Crippen LogP contribution in [0.15, 0.2) is 36.4 Å². The molecule has 2 aromatic heterocycles. The maximum absolute atomic E-state index is 13.9. The smallest absolute Gasteiger partial charge is 0.264 e. The number of alkyl halides is 12. The molecule has 2 fully saturated rings. The van der Waals surface area contributed by atoms with E-state index in [0.717, 1.165) is 24.0 Å². The zero-order valence-electron chi connectivity index (χ0n) is 31.2. The van der Waals surface area contributed by atoms with E-state index in [0.29, 0.717) is 59.9 Å². The van der Waals surface area contributed by atoms with E-state index in [9.17, 15) is 52.7 Å². The fourth-order valence-corrected chi connectivity index (χ4v) is 10.8. The highest BCUT2D eigenvalue weighted by Crippen LogP contribution is 2.72. The molecule has 2 heterocycles. The minimum absolute atomic E-state index is 0.0736. The van der Waals surface area contributed by atoms with Crippen molar-refractivity contribution in [3.63, 3.8) is 0 Å². The molecule has 4 aromatic rings. The second kappa shape index (κ2) is 11.4. The average molecular weight is 803 g/mol. The van der Waals surface area contributed by atoms with Gasteiger partial charge in [-0.2, -0.15) is 62.9 Å². The van der Waals surface area contributed by atoms with E-state index in [1.807, 2.05) is 13.8 Å². The van der Waals surface area contributed by atoms with Crippen LogP contribution < -0.4 is 0 Å². The second-order valence-electron chi connectivity index (χ2n) is 17.7. The first-order valence-electron chi connectivity index (χ1n) is 18.3. The van der Waals surface area contributed by atoms with Crippen LogP contribution >= 0.6 is 0 Å². The zero-order valence-corrected chi connectivity index (χ0v) is 31.2. The first-order valence-corrected chi connectivity index (χ1v) is 18.3. The van der Waals surface area contributed by atoms with Gasteiger partial charge in [0.05, 0.1) is 35.3 Å². The molecule has 2 aromatic carbocycles. The largest absolute Gasteiger partial charge is 0.416 e. The Bertz CT molecular complexity index is 2060. The maximum Gasteiger partial charge on any atom is 0.416 e. The Hall–Kier alpha value is -3.98. The summed E-state index contributed by atoms with van der Waals surface area (Å²) in [6.45, 7) is 11.4. The van der Waals surface area contributed by atoms with Gasteiger partial charge in [0.15, 0.2) is 0 Å². The lowest BCUT2D eigenvalue weighted by atomic mass is 9.70. The molecule has 4 aliphatic carbocycles. The Morgan fingerprint density at radius 3 is 1.05 bits per heavy atom. The minimum Gasteiger partial charge on any atom is -0.264 e. The zero-order chi connectivity index (χ0) is 41.1. The van der Waals surface area contributed by atoms with Crippen molar-refractivity contribution >= 4 is 0 Å². The lowest BCUT2D eigenvalue weighted by Gasteiger charge is -2.36. The summed E-state index contributed by atoms with van der Waals surface area (Å²) >= 11 is 0. The topological polar surface area (TPSA) is 35.6 Å². The number of rotatable bonds is 5. The number of hydrogen-bond donors (Lipinski definition) is 0. The summed E-state index contributed by atoms with van der Waals surface area (Å²) < 4.78 is 170. The number of halogens is 12. The fraction of sp³-hybridized carbons (Fsp3) is 0.550. The SMILES string of the molecule is CC12CCC(c3c(-c4nn(Cc5cc(C(F)(F)F)cc(C(F)(F)F)c5)c5c4C4CCC5(C)C4(C)C)nn(Cc4cc(C(F)(F)F)cc(C(F)(F)F)c4)c31)C2(C)C. The minimum atomic E-state index is -5.06. The summed E-state index contributed by atoms with van der Waals surface area (Å²) in [5.41, 5.74) is -4.70. The summed E-state index contributed by atoms with van der Waals surface area (Å²) in [7, 11) is 0. The van der Waals surface area contributed by atoms with Crippen LogP contribution in [0.25, 0.3) is 11.4 Å². The van der Waals surface area contributed by atoms with Gasteiger partial charge in [0, 0.05) is 33.3 Å². The molecule has 4 bridgehead atoms. The molecule has 0 radical (unpaired) electrons. The molecule has 16 heteroatoms. The predicted molar refractivity (Wildman–Crippen MR) is 181 cm³/mol. The van der Waals surface area contributed by atoms with E-state index < -0.39 is 81.7 Å². The number of fused-ring (bicyclic) bond motifs is 10. The van der Waals surface area contributed by atoms with Gasteiger partial charge in [-0.25, -0.2) is 0 Å². The molecule has 4 nitrogen and oxygen atoms in total. The third kappa shape index (κ3) is 5.34. The molecule has 0 spiro atoms. The lowest BCUT2D eigenvalue weighted by Crippen LogP contribution is -2.34. The Labute approximate surface area is 314 Å². The quantitative estimate of drug-likeness (QED) is 0.188. The van der Waals surface area contributed by atoms with Gasteiger partial charge in [-0.05, 0) is 95.9 Å². The normalized spacial score (nSPS) is 26.3. The van der Waals surface area contributed by atoms with Gasteiger partial charge in [-0.15, -0.1) is 0 Å². The van der Waals surface area contributed by atoms with Gasteiger partial charge in [0.2, 0.25) is 0 Å². The van der Waals surface area contributed by atoms with Crippen LogP contribution in [0.3, 0.4) is 0 Å². The monoisotopic (exact) mass is 802 g/mol. The van der Waals surface area contributed by atoms with Crippen molar-refractivity contribution in [1.29, 1.82) is 0 Å². The van der Waals surface area contributed by atoms with Crippen molar-refractivity contribution in [2.75, 3.05) is 0 Å². The summed E-state index contributed by atoms with van der Waals surface area (Å²) in [6, 6.07) is 2.88. The predicted octanol–water partition coefficient (Wildman–Crippen LogP) is 12.3. The summed E-state index contributed by atoms with van der Waals surface area (Å²) in [5, 5.41) is 9.92. The van der Waals surface area contributed by atoms with Crippen LogP contribution in [-0.2, 0) is 48.6 Å². The van der Waals surface area contributed by atoms with Crippen LogP contribution in [0.5, 0.6) is 0 Å². The molecule has 4 unspecified atom stereocenters. The first-order chi connectivity index (χ1) is 25.5. The van der Waals surface area contributed by atoms with Crippen molar-refractivity contribution in [1.82, 2.24) is 19.6 Å². The third-order valence-electron chi connectivity index (χ3n) is 14.4. The van der Waals surface area contributed by atoms with Crippen molar-refractivity contribution in [3.05, 3.63) is 92.3 Å². The van der Waals surface area contributed by atoms with E-state index in [2.05, 4.69) is 27.7 Å². The van der Waals surface area contributed by atoms with Gasteiger partial charge in [-0.1, -0.05) is 41.5 Å². The molecule has 56 heavy (non-hydrogen) atoms. The number of benzene rings is 2. The van der Waals surface area contributed by atoms with Crippen LogP contribution in [0.2, 0.25) is 0 Å². The molecule has 0 saturated heterocycles. The fourth-order valence-electron chi connectivity index (χ4n) is 10.8. The molecule has 0 N–H and O–H groups in total. The van der Waals surface area contributed by atoms with E-state index in [1.54, 1.807) is 0 Å². The van der Waals surface area contributed by atoms with E-state index in [-0.39, 0.29) is 35.1 Å². The van der Waals surface area contributed by atoms with Crippen molar-refractivity contribution in [2.45, 2.75) is 128 Å². The van der Waals surface area contributed by atoms with Crippen molar-refractivity contribution in [3.8, 4) is 11.4 Å². The van der Waals surface area contributed by atoms with Crippen LogP contribution in [-0.4, -0.2) is 19.6 Å². The summed E-state index contributed by atoms with van der Waals surface area (Å²) in [4.78, 5) is 0. The van der Waals surface area contributed by atoms with Crippen molar-refractivity contribution in [2.24, 2.45) is 10.8 Å². The molecule has 2 saturated carbocycles. The van der Waals surface area contributed by atoms with Gasteiger partial charge in [0.1, 0.15) is 11.4 Å². The Morgan fingerprint density at radius 1 is 0.500 bits per heavy atom. The maximum atomic E-state index is 13.9. The van der Waals surface area contributed by atoms with E-state index in [1.165, 1.54) is 9.36 Å². The van der Waals surface area contributed by atoms with E-state index in [4.69, 9.17) is 10.2 Å². The van der Waals surface area contributed by atoms with Gasteiger partial charge in [-0.3, -0.25) is 9.36 Å². The van der Waals surface area contributed by atoms with Crippen LogP contribution in [0.4, 0.5) is 52.7 Å². The highest BCUT2D eigenvalue weighted by atomic mass is 19.4. The Morgan fingerprint density at radius 2 is 0.786 bits per heavy atom. The summed E-state index contributed by atoms with van der Waals surface area (Å²) in [5.74, 6) is -0.251. The molecule has 4 aliphatic rings. The van der Waals surface area contributed by atoms with E-state index >= 15 is 0 Å². The molecule has 302 valence electrons. The summed E-state index contributed by atoms with van der Waals surface area (Å²) in [6.07, 6.45) is -17.4. The number of hydrogen-bond acceptors (Lipinski definition) is 2. The Kier molecular flexibility index (Phi) is 7.88. The molecule has 0 amide bonds. The van der Waals surface area contributed by atoms with Gasteiger partial charge in [0.25, 0.3) is 0 Å². The standard InChI is InChI=1S/C40H38F12N4/c1-33(2)25-7-9-35(33,5)31-27(25)29(53-55(31)17-19-11-21(37(41,42)43)15-22(12-19)38(44,45)46)30-28-26-8-10-36(6,34(26,3)4)32(28)56(54-30)18-20-13-23(39(47,48)49)16-24(14-20)40(50,51)52/h11-16,25-26H,7-10,17-18H2,1-6H3. The molecule has 0 aliphatic heterocycles. The van der Waals surface area contributed by atoms with Crippen molar-refractivity contribution < 1.29 is 52.7 Å². The lowest BCUT2D eigenvalue weighted by molar-refractivity contribution is -0.144. The highest BCUT2D eigenvalue weighted by molar-refractivity contribution is 5.73. The average Bonchev–Trinajstić information content (AvgIpc) is 3.81. The molecule has 4 atom stereocenters. The van der Waals surface area contributed by atoms with Gasteiger partial charge >= 0.3 is 24.7 Å².